The number of nitrogens with two attached hydrogens (primary N) is 1. The number of nitrogens with one attached hydrogen (secondary N) is 4. The average Bonchev–Trinajstić information content (AvgIpc) is 3.23. The lowest BCUT2D eigenvalue weighted by molar-refractivity contribution is -0.143. The minimum atomic E-state index is -1.19. The first kappa shape index (κ1) is 58.1. The average molecular weight is 890 g/mol. The van der Waals surface area contributed by atoms with Gasteiger partial charge in [0.05, 0.1) is 45.6 Å². The van der Waals surface area contributed by atoms with Gasteiger partial charge in [0.2, 0.25) is 23.6 Å². The highest BCUT2D eigenvalue weighted by Gasteiger charge is 2.21. The predicted octanol–water partition coefficient (Wildman–Crippen LogP) is 3.30. The number of hydrogen-bond acceptors (Lipinski definition) is 12. The van der Waals surface area contributed by atoms with Crippen LogP contribution in [0, 0.1) is 5.92 Å². The second kappa shape index (κ2) is 41.1. The maximum Gasteiger partial charge on any atom is 0.326 e. The third-order valence-corrected chi connectivity index (χ3v) is 10.0. The van der Waals surface area contributed by atoms with Crippen LogP contribution in [0.15, 0.2) is 0 Å². The van der Waals surface area contributed by atoms with E-state index in [-0.39, 0.29) is 115 Å². The Kier molecular flexibility index (Phi) is 38.5. The number of carboxylic acids is 3. The SMILES string of the molecule is CCC(CCCCCCCCCCCCCCCC(=O)N[C@@H](CCC(=O)NCCOCCOCC(=O)NCCOCCOCC(=O)N[C@@H](CCCCN)C(=O)O)C(=O)O)C(=O)O. The number of carbonyl (C=O) groups excluding carboxylic acids is 4. The van der Waals surface area contributed by atoms with Gasteiger partial charge in [0, 0.05) is 25.9 Å². The van der Waals surface area contributed by atoms with E-state index in [0.29, 0.717) is 32.2 Å². The molecule has 9 N–H and O–H groups in total. The molecule has 0 saturated heterocycles. The molecule has 0 spiro atoms. The fraction of sp³-hybridized carbons (Fsp3) is 0.837. The van der Waals surface area contributed by atoms with Gasteiger partial charge in [-0.05, 0) is 51.5 Å². The van der Waals surface area contributed by atoms with E-state index in [9.17, 15) is 43.8 Å². The second-order valence-electron chi connectivity index (χ2n) is 15.3. The van der Waals surface area contributed by atoms with Crippen LogP contribution in [0.1, 0.15) is 142 Å². The van der Waals surface area contributed by atoms with Crippen LogP contribution in [-0.2, 0) is 52.5 Å². The molecule has 0 aromatic heterocycles. The molecule has 0 heterocycles. The summed E-state index contributed by atoms with van der Waals surface area (Å²) in [6, 6.07) is -2.14. The molecule has 19 heteroatoms. The Bertz CT molecular complexity index is 1230. The third-order valence-electron chi connectivity index (χ3n) is 10.0. The summed E-state index contributed by atoms with van der Waals surface area (Å²) in [5.41, 5.74) is 5.41. The molecule has 62 heavy (non-hydrogen) atoms. The Labute approximate surface area is 368 Å². The molecule has 0 radical (unpaired) electrons. The molecule has 360 valence electrons. The van der Waals surface area contributed by atoms with E-state index >= 15 is 0 Å². The lowest BCUT2D eigenvalue weighted by Gasteiger charge is -2.14. The van der Waals surface area contributed by atoms with Gasteiger partial charge in [-0.1, -0.05) is 84.0 Å². The molecule has 1 unspecified atom stereocenters. The lowest BCUT2D eigenvalue weighted by Crippen LogP contribution is -2.42. The van der Waals surface area contributed by atoms with Crippen molar-refractivity contribution in [2.24, 2.45) is 11.7 Å². The Morgan fingerprint density at radius 2 is 0.887 bits per heavy atom. The number of unbranched alkanes of at least 4 members (excludes halogenated alkanes) is 13. The van der Waals surface area contributed by atoms with Crippen LogP contribution in [0.25, 0.3) is 0 Å². The van der Waals surface area contributed by atoms with Crippen LogP contribution < -0.4 is 27.0 Å². The Morgan fingerprint density at radius 3 is 1.39 bits per heavy atom. The van der Waals surface area contributed by atoms with Gasteiger partial charge in [-0.3, -0.25) is 24.0 Å². The molecule has 0 aliphatic carbocycles. The Morgan fingerprint density at radius 1 is 0.452 bits per heavy atom. The summed E-state index contributed by atoms with van der Waals surface area (Å²) in [7, 11) is 0. The Balaban J connectivity index is 3.73. The molecule has 0 aromatic rings. The van der Waals surface area contributed by atoms with Crippen molar-refractivity contribution in [3.05, 3.63) is 0 Å². The van der Waals surface area contributed by atoms with E-state index in [4.69, 9.17) is 29.8 Å². The number of ether oxygens (including phenoxy) is 4. The van der Waals surface area contributed by atoms with Gasteiger partial charge in [-0.2, -0.15) is 0 Å². The van der Waals surface area contributed by atoms with Gasteiger partial charge in [0.15, 0.2) is 0 Å². The quantitative estimate of drug-likeness (QED) is 0.0407. The number of amides is 4. The minimum absolute atomic E-state index is 0.0366. The summed E-state index contributed by atoms with van der Waals surface area (Å²) < 4.78 is 21.2. The van der Waals surface area contributed by atoms with Crippen molar-refractivity contribution >= 4 is 41.5 Å². The predicted molar refractivity (Wildman–Crippen MR) is 231 cm³/mol. The first-order valence-corrected chi connectivity index (χ1v) is 22.7. The summed E-state index contributed by atoms with van der Waals surface area (Å²) in [4.78, 5) is 82.3. The number of rotatable bonds is 45. The molecule has 0 saturated carbocycles. The topological polar surface area (TPSA) is 291 Å². The van der Waals surface area contributed by atoms with Crippen LogP contribution in [0.5, 0.6) is 0 Å². The van der Waals surface area contributed by atoms with E-state index < -0.39 is 35.9 Å². The smallest absolute Gasteiger partial charge is 0.326 e. The Hall–Kier alpha value is -3.91. The number of carboxylic acid groups (broad SMARTS) is 3. The minimum Gasteiger partial charge on any atom is -0.481 e. The first-order chi connectivity index (χ1) is 29.9. The van der Waals surface area contributed by atoms with Crippen molar-refractivity contribution in [2.75, 3.05) is 72.5 Å². The third kappa shape index (κ3) is 36.7. The highest BCUT2D eigenvalue weighted by molar-refractivity contribution is 5.85. The molecule has 0 fully saturated rings. The van der Waals surface area contributed by atoms with E-state index in [1.165, 1.54) is 38.5 Å². The number of aliphatic carboxylic acids is 3. The van der Waals surface area contributed by atoms with E-state index in [2.05, 4.69) is 21.3 Å². The number of hydrogen-bond donors (Lipinski definition) is 8. The van der Waals surface area contributed by atoms with Gasteiger partial charge in [0.25, 0.3) is 0 Å². The summed E-state index contributed by atoms with van der Waals surface area (Å²) in [5, 5.41) is 38.0. The van der Waals surface area contributed by atoms with Crippen molar-refractivity contribution in [1.82, 2.24) is 21.3 Å². The highest BCUT2D eigenvalue weighted by Crippen LogP contribution is 2.17. The van der Waals surface area contributed by atoms with Gasteiger partial charge >= 0.3 is 17.9 Å². The van der Waals surface area contributed by atoms with Gasteiger partial charge in [-0.25, -0.2) is 9.59 Å². The summed E-state index contributed by atoms with van der Waals surface area (Å²) in [6.45, 7) is 3.31. The largest absolute Gasteiger partial charge is 0.481 e. The zero-order chi connectivity index (χ0) is 46.1. The monoisotopic (exact) mass is 890 g/mol. The van der Waals surface area contributed by atoms with E-state index in [1.54, 1.807) is 0 Å². The maximum absolute atomic E-state index is 12.3. The summed E-state index contributed by atoms with van der Waals surface area (Å²) in [5.74, 6) is -4.78. The molecular weight excluding hydrogens is 810 g/mol. The molecule has 0 rings (SSSR count). The van der Waals surface area contributed by atoms with Crippen LogP contribution in [-0.4, -0.2) is 141 Å². The summed E-state index contributed by atoms with van der Waals surface area (Å²) in [6.07, 6.45) is 17.3. The summed E-state index contributed by atoms with van der Waals surface area (Å²) >= 11 is 0. The van der Waals surface area contributed by atoms with Crippen LogP contribution in [0.2, 0.25) is 0 Å². The number of carbonyl (C=O) groups is 7. The van der Waals surface area contributed by atoms with Crippen molar-refractivity contribution in [3.63, 3.8) is 0 Å². The first-order valence-electron chi connectivity index (χ1n) is 22.7. The molecule has 0 aliphatic rings. The molecular formula is C43H79N5O14. The van der Waals surface area contributed by atoms with Crippen molar-refractivity contribution in [2.45, 2.75) is 154 Å². The zero-order valence-corrected chi connectivity index (χ0v) is 37.3. The molecule has 0 aliphatic heterocycles. The molecule has 4 amide bonds. The van der Waals surface area contributed by atoms with Crippen LogP contribution in [0.3, 0.4) is 0 Å². The van der Waals surface area contributed by atoms with E-state index in [0.717, 1.165) is 44.9 Å². The zero-order valence-electron chi connectivity index (χ0n) is 37.3. The molecule has 0 aromatic carbocycles. The van der Waals surface area contributed by atoms with Crippen LogP contribution in [0.4, 0.5) is 0 Å². The van der Waals surface area contributed by atoms with Gasteiger partial charge in [-0.15, -0.1) is 0 Å². The molecule has 19 nitrogen and oxygen atoms in total. The van der Waals surface area contributed by atoms with Crippen molar-refractivity contribution in [3.8, 4) is 0 Å². The molecule has 0 bridgehead atoms. The molecule has 3 atom stereocenters. The second-order valence-corrected chi connectivity index (χ2v) is 15.3. The van der Waals surface area contributed by atoms with E-state index in [1.807, 2.05) is 6.92 Å². The van der Waals surface area contributed by atoms with Gasteiger partial charge in [0.1, 0.15) is 25.3 Å². The van der Waals surface area contributed by atoms with Crippen LogP contribution >= 0.6 is 0 Å². The van der Waals surface area contributed by atoms with Crippen molar-refractivity contribution < 1.29 is 67.8 Å². The van der Waals surface area contributed by atoms with Gasteiger partial charge < -0.3 is 61.3 Å². The fourth-order valence-corrected chi connectivity index (χ4v) is 6.34. The fourth-order valence-electron chi connectivity index (χ4n) is 6.34. The standard InChI is InChI=1S/C43H79N5O14/c1-2-34(41(53)54)18-14-12-10-8-6-4-3-5-7-9-11-13-15-20-38(50)47-36(43(57)58)21-22-37(49)45-24-26-59-28-30-61-32-39(51)46-25-27-60-29-31-62-33-40(52)48-35(42(55)56)19-16-17-23-44/h34-36H,2-33,44H2,1H3,(H,45,49)(H,46,51)(H,47,50)(H,48,52)(H,53,54)(H,55,56)(H,57,58)/t34?,35-,36-/m0/s1. The lowest BCUT2D eigenvalue weighted by atomic mass is 9.98. The highest BCUT2D eigenvalue weighted by atomic mass is 16.5. The maximum atomic E-state index is 12.3. The van der Waals surface area contributed by atoms with Crippen molar-refractivity contribution in [1.29, 1.82) is 0 Å². The normalized spacial score (nSPS) is 12.5.